The molecule has 2 fully saturated rings. The Hall–Kier alpha value is -1.53. The van der Waals surface area contributed by atoms with E-state index in [2.05, 4.69) is 39.4 Å². The number of likely N-dealkylation sites (tertiary alicyclic amines) is 1. The fourth-order valence-corrected chi connectivity index (χ4v) is 3.83. The minimum Gasteiger partial charge on any atom is -0.357 e. The first-order valence-corrected chi connectivity index (χ1v) is 9.62. The number of guanidine groups is 1. The minimum absolute atomic E-state index is 0.363. The quantitative estimate of drug-likeness (QED) is 0.616. The van der Waals surface area contributed by atoms with Crippen molar-refractivity contribution >= 4 is 23.4 Å². The molecule has 2 N–H and O–H groups in total. The molecule has 3 rings (SSSR count). The first kappa shape index (κ1) is 18.3. The second-order valence-corrected chi connectivity index (χ2v) is 7.43. The van der Waals surface area contributed by atoms with Crippen LogP contribution in [0, 0.1) is 5.92 Å². The molecule has 2 aliphatic rings. The summed E-state index contributed by atoms with van der Waals surface area (Å²) in [5, 5.41) is 7.68. The van der Waals surface area contributed by atoms with Crippen molar-refractivity contribution in [3.63, 3.8) is 0 Å². The van der Waals surface area contributed by atoms with Crippen molar-refractivity contribution in [2.24, 2.45) is 10.9 Å². The molecule has 2 saturated heterocycles. The Balaban J connectivity index is 1.55. The van der Waals surface area contributed by atoms with Crippen molar-refractivity contribution < 1.29 is 0 Å². The Kier molecular flexibility index (Phi) is 6.37. The number of anilines is 1. The minimum atomic E-state index is 0.363. The number of rotatable bonds is 5. The molecule has 2 aliphatic heterocycles. The molecule has 25 heavy (non-hydrogen) atoms. The van der Waals surface area contributed by atoms with Crippen LogP contribution >= 0.6 is 11.6 Å². The maximum absolute atomic E-state index is 6.28. The van der Waals surface area contributed by atoms with Gasteiger partial charge < -0.3 is 20.4 Å². The molecule has 0 saturated carbocycles. The van der Waals surface area contributed by atoms with Gasteiger partial charge in [0.25, 0.3) is 0 Å². The van der Waals surface area contributed by atoms with Crippen LogP contribution in [0.2, 0.25) is 5.02 Å². The second kappa shape index (κ2) is 8.72. The average Bonchev–Trinajstić information content (AvgIpc) is 3.22. The summed E-state index contributed by atoms with van der Waals surface area (Å²) in [4.78, 5) is 13.9. The van der Waals surface area contributed by atoms with Gasteiger partial charge in [0.05, 0.1) is 5.02 Å². The van der Waals surface area contributed by atoms with Crippen molar-refractivity contribution in [1.29, 1.82) is 0 Å². The van der Waals surface area contributed by atoms with E-state index in [1.54, 1.807) is 6.20 Å². The third kappa shape index (κ3) is 4.98. The van der Waals surface area contributed by atoms with Gasteiger partial charge in [-0.15, -0.1) is 0 Å². The summed E-state index contributed by atoms with van der Waals surface area (Å²) in [6.45, 7) is 8.07. The number of hydrogen-bond acceptors (Lipinski definition) is 4. The van der Waals surface area contributed by atoms with Gasteiger partial charge in [0, 0.05) is 45.0 Å². The topological polar surface area (TPSA) is 55.8 Å². The Morgan fingerprint density at radius 2 is 2.24 bits per heavy atom. The number of nitrogens with zero attached hydrogens (tertiary/aromatic N) is 4. The summed E-state index contributed by atoms with van der Waals surface area (Å²) in [6.07, 6.45) is 4.10. The Labute approximate surface area is 155 Å². The lowest BCUT2D eigenvalue weighted by molar-refractivity contribution is 0.397. The monoisotopic (exact) mass is 364 g/mol. The Bertz CT molecular complexity index is 593. The molecule has 3 heterocycles. The predicted molar refractivity (Wildman–Crippen MR) is 105 cm³/mol. The van der Waals surface area contributed by atoms with Crippen molar-refractivity contribution in [3.8, 4) is 0 Å². The van der Waals surface area contributed by atoms with Crippen LogP contribution in [-0.2, 0) is 0 Å². The zero-order valence-electron chi connectivity index (χ0n) is 15.2. The second-order valence-electron chi connectivity index (χ2n) is 7.02. The standard InChI is InChI=1S/C18H29ClN6/c1-3-20-18(22-11-14-6-9-24(2)12-14)23-15-7-10-25(13-15)17-16(19)5-4-8-21-17/h4-5,8,14-15H,3,6-7,9-13H2,1-2H3,(H2,20,22,23). The lowest BCUT2D eigenvalue weighted by atomic mass is 10.1. The van der Waals surface area contributed by atoms with Crippen LogP contribution in [0.25, 0.3) is 0 Å². The van der Waals surface area contributed by atoms with Crippen molar-refractivity contribution in [2.75, 3.05) is 51.2 Å². The van der Waals surface area contributed by atoms with Crippen LogP contribution in [-0.4, -0.2) is 68.2 Å². The lowest BCUT2D eigenvalue weighted by Gasteiger charge is -2.20. The summed E-state index contributed by atoms with van der Waals surface area (Å²) in [5.41, 5.74) is 0. The highest BCUT2D eigenvalue weighted by atomic mass is 35.5. The molecule has 7 heteroatoms. The molecule has 0 amide bonds. The van der Waals surface area contributed by atoms with Crippen LogP contribution in [0.15, 0.2) is 23.3 Å². The molecule has 1 aromatic heterocycles. The van der Waals surface area contributed by atoms with E-state index in [-0.39, 0.29) is 0 Å². The van der Waals surface area contributed by atoms with Gasteiger partial charge in [-0.05, 0) is 51.4 Å². The number of pyridine rings is 1. The predicted octanol–water partition coefficient (Wildman–Crippen LogP) is 1.82. The third-order valence-electron chi connectivity index (χ3n) is 4.91. The van der Waals surface area contributed by atoms with E-state index in [1.807, 2.05) is 12.1 Å². The molecule has 0 bridgehead atoms. The highest BCUT2D eigenvalue weighted by Gasteiger charge is 2.26. The van der Waals surface area contributed by atoms with Gasteiger partial charge in [0.1, 0.15) is 5.82 Å². The van der Waals surface area contributed by atoms with E-state index in [0.29, 0.717) is 17.0 Å². The smallest absolute Gasteiger partial charge is 0.191 e. The summed E-state index contributed by atoms with van der Waals surface area (Å²) < 4.78 is 0. The molecule has 6 nitrogen and oxygen atoms in total. The first-order chi connectivity index (χ1) is 12.2. The van der Waals surface area contributed by atoms with Gasteiger partial charge in [-0.3, -0.25) is 4.99 Å². The number of aromatic nitrogens is 1. The largest absolute Gasteiger partial charge is 0.357 e. The van der Waals surface area contributed by atoms with E-state index < -0.39 is 0 Å². The van der Waals surface area contributed by atoms with Gasteiger partial charge in [-0.1, -0.05) is 11.6 Å². The van der Waals surface area contributed by atoms with Crippen LogP contribution in [0.1, 0.15) is 19.8 Å². The van der Waals surface area contributed by atoms with E-state index in [1.165, 1.54) is 13.0 Å². The highest BCUT2D eigenvalue weighted by Crippen LogP contribution is 2.25. The Morgan fingerprint density at radius 3 is 2.96 bits per heavy atom. The molecule has 0 aliphatic carbocycles. The molecule has 0 radical (unpaired) electrons. The molecule has 0 aromatic carbocycles. The molecule has 0 spiro atoms. The van der Waals surface area contributed by atoms with Crippen LogP contribution in [0.4, 0.5) is 5.82 Å². The summed E-state index contributed by atoms with van der Waals surface area (Å²) in [5.74, 6) is 2.48. The normalized spacial score (nSPS) is 24.8. The molecule has 138 valence electrons. The fraction of sp³-hybridized carbons (Fsp3) is 0.667. The molecular weight excluding hydrogens is 336 g/mol. The van der Waals surface area contributed by atoms with E-state index in [0.717, 1.165) is 50.9 Å². The molecule has 1 aromatic rings. The number of nitrogens with one attached hydrogen (secondary N) is 2. The third-order valence-corrected chi connectivity index (χ3v) is 5.20. The first-order valence-electron chi connectivity index (χ1n) is 9.24. The number of halogens is 1. The fourth-order valence-electron chi connectivity index (χ4n) is 3.59. The van der Waals surface area contributed by atoms with E-state index in [9.17, 15) is 0 Å². The Morgan fingerprint density at radius 1 is 1.36 bits per heavy atom. The lowest BCUT2D eigenvalue weighted by Crippen LogP contribution is -2.45. The van der Waals surface area contributed by atoms with Gasteiger partial charge in [-0.25, -0.2) is 4.98 Å². The molecule has 2 unspecified atom stereocenters. The van der Waals surface area contributed by atoms with Gasteiger partial charge in [0.15, 0.2) is 5.96 Å². The zero-order chi connectivity index (χ0) is 17.6. The molecule has 2 atom stereocenters. The number of aliphatic imine (C=N–C) groups is 1. The van der Waals surface area contributed by atoms with E-state index in [4.69, 9.17) is 16.6 Å². The summed E-state index contributed by atoms with van der Waals surface area (Å²) in [7, 11) is 2.18. The van der Waals surface area contributed by atoms with Crippen molar-refractivity contribution in [2.45, 2.75) is 25.8 Å². The van der Waals surface area contributed by atoms with Crippen LogP contribution in [0.5, 0.6) is 0 Å². The van der Waals surface area contributed by atoms with Crippen molar-refractivity contribution in [3.05, 3.63) is 23.4 Å². The van der Waals surface area contributed by atoms with Crippen LogP contribution in [0.3, 0.4) is 0 Å². The maximum Gasteiger partial charge on any atom is 0.191 e. The van der Waals surface area contributed by atoms with Crippen molar-refractivity contribution in [1.82, 2.24) is 20.5 Å². The average molecular weight is 365 g/mol. The van der Waals surface area contributed by atoms with E-state index >= 15 is 0 Å². The maximum atomic E-state index is 6.28. The SMILES string of the molecule is CCNC(=NCC1CCN(C)C1)NC1CCN(c2ncccc2Cl)C1. The summed E-state index contributed by atoms with van der Waals surface area (Å²) >= 11 is 6.28. The van der Waals surface area contributed by atoms with Gasteiger partial charge in [0.2, 0.25) is 0 Å². The summed E-state index contributed by atoms with van der Waals surface area (Å²) in [6, 6.07) is 4.13. The number of hydrogen-bond donors (Lipinski definition) is 2. The van der Waals surface area contributed by atoms with Crippen LogP contribution < -0.4 is 15.5 Å². The molecular formula is C18H29ClN6. The highest BCUT2D eigenvalue weighted by molar-refractivity contribution is 6.32. The van der Waals surface area contributed by atoms with Gasteiger partial charge >= 0.3 is 0 Å². The zero-order valence-corrected chi connectivity index (χ0v) is 16.0. The van der Waals surface area contributed by atoms with Gasteiger partial charge in [-0.2, -0.15) is 0 Å².